The molecule has 0 saturated carbocycles. The van der Waals surface area contributed by atoms with E-state index in [0.29, 0.717) is 0 Å². The number of hydrogen-bond donors (Lipinski definition) is 1. The van der Waals surface area contributed by atoms with Crippen LogP contribution >= 0.6 is 0 Å². The highest BCUT2D eigenvalue weighted by atomic mass is 32.2. The molecule has 122 valence electrons. The molecule has 0 saturated heterocycles. The van der Waals surface area contributed by atoms with Crippen LogP contribution in [0.15, 0.2) is 59.5 Å². The van der Waals surface area contributed by atoms with Gasteiger partial charge in [-0.15, -0.1) is 0 Å². The molecule has 23 heavy (non-hydrogen) atoms. The number of likely N-dealkylation sites (N-methyl/N-ethyl adjacent to an activating group) is 1. The van der Waals surface area contributed by atoms with Crippen LogP contribution in [0.3, 0.4) is 0 Å². The predicted octanol–water partition coefficient (Wildman–Crippen LogP) is 2.31. The number of rotatable bonds is 6. The van der Waals surface area contributed by atoms with Crippen LogP contribution in [0.2, 0.25) is 0 Å². The summed E-state index contributed by atoms with van der Waals surface area (Å²) in [6, 6.07) is 14.1. The molecule has 5 nitrogen and oxygen atoms in total. The summed E-state index contributed by atoms with van der Waals surface area (Å²) in [5.41, 5.74) is 1.78. The van der Waals surface area contributed by atoms with Gasteiger partial charge in [0.2, 0.25) is 10.0 Å². The van der Waals surface area contributed by atoms with Crippen LogP contribution in [0.1, 0.15) is 11.1 Å². The van der Waals surface area contributed by atoms with E-state index in [9.17, 15) is 18.3 Å². The molecule has 2 aromatic rings. The standard InChI is InChI=1S/C17H19NO4S/c1-13-7-6-8-14(11-13)12-16(17(19)20)18(2)23(21,22)15-9-4-3-5-10-15/h3-11,16H,12H2,1-2H3,(H,19,20)/t16-/m0/s1. The monoisotopic (exact) mass is 333 g/mol. The summed E-state index contributed by atoms with van der Waals surface area (Å²) in [6.07, 6.45) is 0.111. The quantitative estimate of drug-likeness (QED) is 0.880. The SMILES string of the molecule is Cc1cccc(C[C@@H](C(=O)O)N(C)S(=O)(=O)c2ccccc2)c1. The Morgan fingerprint density at radius 2 is 1.78 bits per heavy atom. The van der Waals surface area contributed by atoms with Crippen LogP contribution < -0.4 is 0 Å². The number of carbonyl (C=O) groups is 1. The average Bonchev–Trinajstić information content (AvgIpc) is 2.52. The minimum atomic E-state index is -3.86. The summed E-state index contributed by atoms with van der Waals surface area (Å²) in [5, 5.41) is 9.48. The highest BCUT2D eigenvalue weighted by Crippen LogP contribution is 2.19. The van der Waals surface area contributed by atoms with Crippen LogP contribution in [0.25, 0.3) is 0 Å². The minimum absolute atomic E-state index is 0.0815. The van der Waals surface area contributed by atoms with Crippen molar-refractivity contribution in [3.05, 3.63) is 65.7 Å². The van der Waals surface area contributed by atoms with Gasteiger partial charge in [-0.3, -0.25) is 4.79 Å². The van der Waals surface area contributed by atoms with Crippen molar-refractivity contribution in [3.63, 3.8) is 0 Å². The third kappa shape index (κ3) is 3.97. The van der Waals surface area contributed by atoms with Crippen molar-refractivity contribution in [1.82, 2.24) is 4.31 Å². The highest BCUT2D eigenvalue weighted by Gasteiger charge is 2.32. The first-order valence-electron chi connectivity index (χ1n) is 7.14. The summed E-state index contributed by atoms with van der Waals surface area (Å²) in [6.45, 7) is 1.91. The lowest BCUT2D eigenvalue weighted by Gasteiger charge is -2.24. The van der Waals surface area contributed by atoms with Gasteiger partial charge in [-0.05, 0) is 31.0 Å². The van der Waals surface area contributed by atoms with Crippen LogP contribution in [0, 0.1) is 6.92 Å². The minimum Gasteiger partial charge on any atom is -0.480 e. The Labute approximate surface area is 136 Å². The van der Waals surface area contributed by atoms with E-state index < -0.39 is 22.0 Å². The number of sulfonamides is 1. The van der Waals surface area contributed by atoms with Crippen molar-refractivity contribution in [2.75, 3.05) is 7.05 Å². The van der Waals surface area contributed by atoms with Gasteiger partial charge < -0.3 is 5.11 Å². The van der Waals surface area contributed by atoms with Crippen LogP contribution in [0.5, 0.6) is 0 Å². The molecule has 0 spiro atoms. The third-order valence-electron chi connectivity index (χ3n) is 3.66. The number of hydrogen-bond acceptors (Lipinski definition) is 3. The second-order valence-electron chi connectivity index (χ2n) is 5.38. The van der Waals surface area contributed by atoms with E-state index >= 15 is 0 Å². The van der Waals surface area contributed by atoms with Crippen molar-refractivity contribution >= 4 is 16.0 Å². The largest absolute Gasteiger partial charge is 0.480 e. The highest BCUT2D eigenvalue weighted by molar-refractivity contribution is 7.89. The van der Waals surface area contributed by atoms with E-state index in [4.69, 9.17) is 0 Å². The number of benzene rings is 2. The molecular formula is C17H19NO4S. The molecule has 0 aromatic heterocycles. The van der Waals surface area contributed by atoms with Gasteiger partial charge in [0.25, 0.3) is 0 Å². The van der Waals surface area contributed by atoms with Crippen molar-refractivity contribution in [3.8, 4) is 0 Å². The van der Waals surface area contributed by atoms with Crippen molar-refractivity contribution in [2.24, 2.45) is 0 Å². The maximum absolute atomic E-state index is 12.6. The van der Waals surface area contributed by atoms with E-state index in [2.05, 4.69) is 0 Å². The van der Waals surface area contributed by atoms with Crippen LogP contribution in [-0.2, 0) is 21.2 Å². The second kappa shape index (κ2) is 6.93. The average molecular weight is 333 g/mol. The van der Waals surface area contributed by atoms with Crippen molar-refractivity contribution in [1.29, 1.82) is 0 Å². The molecular weight excluding hydrogens is 314 g/mol. The number of carboxylic acids is 1. The maximum atomic E-state index is 12.6. The van der Waals surface area contributed by atoms with E-state index in [1.807, 2.05) is 25.1 Å². The summed E-state index contributed by atoms with van der Waals surface area (Å²) in [7, 11) is -2.56. The molecule has 2 rings (SSSR count). The van der Waals surface area contributed by atoms with Crippen LogP contribution in [-0.4, -0.2) is 36.9 Å². The Balaban J connectivity index is 2.32. The van der Waals surface area contributed by atoms with E-state index in [0.717, 1.165) is 15.4 Å². The normalized spacial score (nSPS) is 13.0. The molecule has 1 N–H and O–H groups in total. The zero-order chi connectivity index (χ0) is 17.0. The van der Waals surface area contributed by atoms with Crippen LogP contribution in [0.4, 0.5) is 0 Å². The number of aliphatic carboxylic acids is 1. The number of aryl methyl sites for hydroxylation is 1. The van der Waals surface area contributed by atoms with Gasteiger partial charge in [0.1, 0.15) is 6.04 Å². The lowest BCUT2D eigenvalue weighted by molar-refractivity contribution is -0.141. The predicted molar refractivity (Wildman–Crippen MR) is 87.7 cm³/mol. The van der Waals surface area contributed by atoms with E-state index in [1.165, 1.54) is 19.2 Å². The first-order valence-corrected chi connectivity index (χ1v) is 8.58. The smallest absolute Gasteiger partial charge is 0.322 e. The first-order chi connectivity index (χ1) is 10.8. The van der Waals surface area contributed by atoms with Gasteiger partial charge in [-0.1, -0.05) is 48.0 Å². The van der Waals surface area contributed by atoms with Gasteiger partial charge in [0, 0.05) is 7.05 Å². The fourth-order valence-electron chi connectivity index (χ4n) is 2.36. The zero-order valence-corrected chi connectivity index (χ0v) is 13.8. The Kier molecular flexibility index (Phi) is 5.18. The summed E-state index contributed by atoms with van der Waals surface area (Å²) in [5.74, 6) is -1.17. The molecule has 0 radical (unpaired) electrons. The number of carboxylic acid groups (broad SMARTS) is 1. The molecule has 0 fully saturated rings. The van der Waals surface area contributed by atoms with Crippen molar-refractivity contribution < 1.29 is 18.3 Å². The summed E-state index contributed by atoms with van der Waals surface area (Å²) in [4.78, 5) is 11.7. The zero-order valence-electron chi connectivity index (χ0n) is 13.0. The van der Waals surface area contributed by atoms with E-state index in [-0.39, 0.29) is 11.3 Å². The summed E-state index contributed by atoms with van der Waals surface area (Å²) < 4.78 is 26.1. The third-order valence-corrected chi connectivity index (χ3v) is 5.54. The second-order valence-corrected chi connectivity index (χ2v) is 7.38. The molecule has 0 unspecified atom stereocenters. The van der Waals surface area contributed by atoms with Gasteiger partial charge in [-0.2, -0.15) is 4.31 Å². The lowest BCUT2D eigenvalue weighted by Crippen LogP contribution is -2.43. The fraction of sp³-hybridized carbons (Fsp3) is 0.235. The Morgan fingerprint density at radius 3 is 2.35 bits per heavy atom. The molecule has 0 aliphatic carbocycles. The van der Waals surface area contributed by atoms with Gasteiger partial charge >= 0.3 is 5.97 Å². The molecule has 2 aromatic carbocycles. The number of nitrogens with zero attached hydrogens (tertiary/aromatic N) is 1. The fourth-order valence-corrected chi connectivity index (χ4v) is 3.69. The van der Waals surface area contributed by atoms with Crippen molar-refractivity contribution in [2.45, 2.75) is 24.3 Å². The Bertz CT molecular complexity index is 787. The van der Waals surface area contributed by atoms with Gasteiger partial charge in [0.05, 0.1) is 4.90 Å². The van der Waals surface area contributed by atoms with E-state index in [1.54, 1.807) is 24.3 Å². The Hall–Kier alpha value is -2.18. The molecule has 0 aliphatic rings. The molecule has 0 aliphatic heterocycles. The topological polar surface area (TPSA) is 74.7 Å². The molecule has 0 bridgehead atoms. The van der Waals surface area contributed by atoms with Gasteiger partial charge in [-0.25, -0.2) is 8.42 Å². The maximum Gasteiger partial charge on any atom is 0.322 e. The Morgan fingerprint density at radius 1 is 1.13 bits per heavy atom. The molecule has 6 heteroatoms. The van der Waals surface area contributed by atoms with Gasteiger partial charge in [0.15, 0.2) is 0 Å². The summed E-state index contributed by atoms with van der Waals surface area (Å²) >= 11 is 0. The lowest BCUT2D eigenvalue weighted by atomic mass is 10.0. The molecule has 0 amide bonds. The molecule has 1 atom stereocenters. The molecule has 0 heterocycles. The first kappa shape index (κ1) is 17.2.